The van der Waals surface area contributed by atoms with Crippen molar-refractivity contribution >= 4 is 11.9 Å². The number of phenols is 1. The summed E-state index contributed by atoms with van der Waals surface area (Å²) in [5, 5.41) is 9.47. The molecule has 0 aliphatic rings. The number of unbranched alkanes of at least 4 members (excludes halogenated alkanes) is 2. The average Bonchev–Trinajstić information content (AvgIpc) is 2.72. The van der Waals surface area contributed by atoms with E-state index in [9.17, 15) is 9.90 Å². The smallest absolute Gasteiger partial charge is 0.185 e. The Labute approximate surface area is 186 Å². The van der Waals surface area contributed by atoms with Crippen LogP contribution in [0.4, 0.5) is 0 Å². The maximum Gasteiger partial charge on any atom is 0.185 e. The van der Waals surface area contributed by atoms with Gasteiger partial charge in [-0.1, -0.05) is 53.5 Å². The van der Waals surface area contributed by atoms with Crippen LogP contribution in [0.15, 0.2) is 42.5 Å². The second-order valence-electron chi connectivity index (χ2n) is 8.75. The quantitative estimate of drug-likeness (QED) is 0.241. The monoisotopic (exact) mass is 424 g/mol. The lowest BCUT2D eigenvalue weighted by atomic mass is 9.84. The van der Waals surface area contributed by atoms with Gasteiger partial charge in [0.05, 0.1) is 18.8 Å². The van der Waals surface area contributed by atoms with Gasteiger partial charge in [-0.25, -0.2) is 0 Å². The Morgan fingerprint density at radius 1 is 0.935 bits per heavy atom. The molecule has 0 saturated heterocycles. The number of ether oxygens (including phenoxy) is 2. The Bertz CT molecular complexity index is 873. The van der Waals surface area contributed by atoms with Gasteiger partial charge in [0.2, 0.25) is 0 Å². The molecule has 0 amide bonds. The standard InChI is InChI=1S/C27H36O4/c1-6-8-18-30-25-17-15-23(27(3,4)5)26(31-19-9-7-2)22(25)14-16-24(29)20-10-12-21(28)13-11-20/h10-17,28H,6-9,18-19H2,1-5H3/b16-14+. The minimum atomic E-state index is -0.139. The molecule has 2 rings (SSSR count). The van der Waals surface area contributed by atoms with Crippen molar-refractivity contribution in [2.75, 3.05) is 13.2 Å². The molecule has 0 fully saturated rings. The molecule has 0 spiro atoms. The van der Waals surface area contributed by atoms with E-state index in [1.165, 1.54) is 12.1 Å². The summed E-state index contributed by atoms with van der Waals surface area (Å²) in [7, 11) is 0. The molecule has 0 unspecified atom stereocenters. The highest BCUT2D eigenvalue weighted by molar-refractivity contribution is 6.07. The van der Waals surface area contributed by atoms with Crippen LogP contribution in [0.3, 0.4) is 0 Å². The minimum Gasteiger partial charge on any atom is -0.508 e. The van der Waals surface area contributed by atoms with E-state index in [2.05, 4.69) is 40.7 Å². The van der Waals surface area contributed by atoms with Gasteiger partial charge in [-0.05, 0) is 60.7 Å². The van der Waals surface area contributed by atoms with Crippen molar-refractivity contribution in [2.24, 2.45) is 0 Å². The predicted octanol–water partition coefficient (Wildman–Crippen LogP) is 6.94. The SMILES string of the molecule is CCCCOc1ccc(C(C)(C)C)c(OCCCC)c1/C=C/C(=O)c1ccc(O)cc1. The fourth-order valence-electron chi connectivity index (χ4n) is 3.14. The number of aromatic hydroxyl groups is 1. The van der Waals surface area contributed by atoms with Crippen LogP contribution < -0.4 is 9.47 Å². The summed E-state index contributed by atoms with van der Waals surface area (Å²) in [6.45, 7) is 12.0. The van der Waals surface area contributed by atoms with E-state index < -0.39 is 0 Å². The van der Waals surface area contributed by atoms with Crippen LogP contribution >= 0.6 is 0 Å². The molecule has 4 heteroatoms. The molecule has 0 aromatic heterocycles. The lowest BCUT2D eigenvalue weighted by Crippen LogP contribution is -2.15. The number of hydrogen-bond donors (Lipinski definition) is 1. The third-order valence-corrected chi connectivity index (χ3v) is 5.02. The molecule has 0 aliphatic heterocycles. The van der Waals surface area contributed by atoms with Crippen LogP contribution in [0.5, 0.6) is 17.2 Å². The van der Waals surface area contributed by atoms with Gasteiger partial charge in [-0.2, -0.15) is 0 Å². The summed E-state index contributed by atoms with van der Waals surface area (Å²) >= 11 is 0. The van der Waals surface area contributed by atoms with Gasteiger partial charge in [0.15, 0.2) is 5.78 Å². The second-order valence-corrected chi connectivity index (χ2v) is 8.75. The lowest BCUT2D eigenvalue weighted by molar-refractivity contribution is 0.104. The van der Waals surface area contributed by atoms with Gasteiger partial charge < -0.3 is 14.6 Å². The molecule has 0 atom stereocenters. The van der Waals surface area contributed by atoms with Crippen molar-refractivity contribution in [1.82, 2.24) is 0 Å². The molecule has 0 heterocycles. The fraction of sp³-hybridized carbons (Fsp3) is 0.444. The lowest BCUT2D eigenvalue weighted by Gasteiger charge is -2.25. The normalized spacial score (nSPS) is 11.6. The third kappa shape index (κ3) is 7.16. The van der Waals surface area contributed by atoms with E-state index in [1.807, 2.05) is 6.07 Å². The summed E-state index contributed by atoms with van der Waals surface area (Å²) in [6.07, 6.45) is 7.36. The van der Waals surface area contributed by atoms with Gasteiger partial charge in [0.25, 0.3) is 0 Å². The zero-order valence-electron chi connectivity index (χ0n) is 19.5. The van der Waals surface area contributed by atoms with Gasteiger partial charge in [-0.15, -0.1) is 0 Å². The Morgan fingerprint density at radius 2 is 1.55 bits per heavy atom. The highest BCUT2D eigenvalue weighted by atomic mass is 16.5. The van der Waals surface area contributed by atoms with Crippen molar-refractivity contribution in [3.63, 3.8) is 0 Å². The summed E-state index contributed by atoms with van der Waals surface area (Å²) in [5.74, 6) is 1.50. The van der Waals surface area contributed by atoms with E-state index in [0.717, 1.165) is 48.3 Å². The number of phenolic OH excluding ortho intramolecular Hbond substituents is 1. The highest BCUT2D eigenvalue weighted by Gasteiger charge is 2.23. The fourth-order valence-corrected chi connectivity index (χ4v) is 3.14. The van der Waals surface area contributed by atoms with Crippen molar-refractivity contribution in [1.29, 1.82) is 0 Å². The van der Waals surface area contributed by atoms with E-state index in [-0.39, 0.29) is 16.9 Å². The van der Waals surface area contributed by atoms with Crippen molar-refractivity contribution in [3.8, 4) is 17.2 Å². The first kappa shape index (κ1) is 24.5. The minimum absolute atomic E-state index is 0.118. The Balaban J connectivity index is 2.48. The molecular weight excluding hydrogens is 388 g/mol. The third-order valence-electron chi connectivity index (χ3n) is 5.02. The molecule has 0 radical (unpaired) electrons. The number of allylic oxidation sites excluding steroid dienone is 1. The van der Waals surface area contributed by atoms with Crippen LogP contribution in [-0.4, -0.2) is 24.1 Å². The topological polar surface area (TPSA) is 55.8 Å². The molecule has 0 aliphatic carbocycles. The van der Waals surface area contributed by atoms with Crippen molar-refractivity contribution in [2.45, 2.75) is 65.7 Å². The molecule has 2 aromatic rings. The van der Waals surface area contributed by atoms with Crippen LogP contribution in [0.25, 0.3) is 6.08 Å². The summed E-state index contributed by atoms with van der Waals surface area (Å²) in [6, 6.07) is 10.3. The van der Waals surface area contributed by atoms with Gasteiger partial charge in [0, 0.05) is 11.1 Å². The summed E-state index contributed by atoms with van der Waals surface area (Å²) in [5.41, 5.74) is 2.28. The van der Waals surface area contributed by atoms with E-state index >= 15 is 0 Å². The second kappa shape index (κ2) is 11.6. The van der Waals surface area contributed by atoms with Crippen LogP contribution in [0.1, 0.15) is 81.8 Å². The average molecular weight is 425 g/mol. The number of ketones is 1. The highest BCUT2D eigenvalue weighted by Crippen LogP contribution is 2.40. The maximum absolute atomic E-state index is 12.7. The Hall–Kier alpha value is -2.75. The van der Waals surface area contributed by atoms with Gasteiger partial charge in [0.1, 0.15) is 17.2 Å². The maximum atomic E-state index is 12.7. The molecule has 0 saturated carbocycles. The Kier molecular flexibility index (Phi) is 9.17. The number of benzene rings is 2. The van der Waals surface area contributed by atoms with Crippen LogP contribution in [-0.2, 0) is 5.41 Å². The first-order chi connectivity index (χ1) is 14.8. The first-order valence-corrected chi connectivity index (χ1v) is 11.2. The molecule has 4 nitrogen and oxygen atoms in total. The number of carbonyl (C=O) groups excluding carboxylic acids is 1. The van der Waals surface area contributed by atoms with Crippen LogP contribution in [0, 0.1) is 0 Å². The van der Waals surface area contributed by atoms with E-state index in [4.69, 9.17) is 9.47 Å². The largest absolute Gasteiger partial charge is 0.508 e. The zero-order valence-corrected chi connectivity index (χ0v) is 19.5. The summed E-state index contributed by atoms with van der Waals surface area (Å²) < 4.78 is 12.3. The molecular formula is C27H36O4. The van der Waals surface area contributed by atoms with Gasteiger partial charge >= 0.3 is 0 Å². The zero-order chi connectivity index (χ0) is 22.9. The van der Waals surface area contributed by atoms with E-state index in [0.29, 0.717) is 18.8 Å². The van der Waals surface area contributed by atoms with Gasteiger partial charge in [-0.3, -0.25) is 4.79 Å². The molecule has 31 heavy (non-hydrogen) atoms. The van der Waals surface area contributed by atoms with Crippen molar-refractivity contribution in [3.05, 3.63) is 59.2 Å². The van der Waals surface area contributed by atoms with Crippen molar-refractivity contribution < 1.29 is 19.4 Å². The number of hydrogen-bond acceptors (Lipinski definition) is 4. The van der Waals surface area contributed by atoms with Crippen LogP contribution in [0.2, 0.25) is 0 Å². The molecule has 1 N–H and O–H groups in total. The first-order valence-electron chi connectivity index (χ1n) is 11.2. The Morgan fingerprint density at radius 3 is 2.13 bits per heavy atom. The predicted molar refractivity (Wildman–Crippen MR) is 127 cm³/mol. The van der Waals surface area contributed by atoms with E-state index in [1.54, 1.807) is 24.3 Å². The molecule has 168 valence electrons. The molecule has 0 bridgehead atoms. The number of carbonyl (C=O) groups is 1. The number of rotatable bonds is 11. The molecule has 2 aromatic carbocycles. The summed E-state index contributed by atoms with van der Waals surface area (Å²) in [4.78, 5) is 12.7.